The minimum absolute atomic E-state index is 0.0239. The molecule has 0 aromatic heterocycles. The van der Waals surface area contributed by atoms with Gasteiger partial charge in [0.05, 0.1) is 12.2 Å². The molecule has 0 N–H and O–H groups in total. The second-order valence-electron chi connectivity index (χ2n) is 10.2. The van der Waals surface area contributed by atoms with Crippen molar-refractivity contribution in [1.82, 2.24) is 0 Å². The Balaban J connectivity index is 2.00. The van der Waals surface area contributed by atoms with E-state index in [2.05, 4.69) is 107 Å². The van der Waals surface area contributed by atoms with E-state index in [-0.39, 0.29) is 23.4 Å². The molecule has 0 radical (unpaired) electrons. The summed E-state index contributed by atoms with van der Waals surface area (Å²) in [6.45, 7) is 16.7. The summed E-state index contributed by atoms with van der Waals surface area (Å²) >= 11 is 0. The smallest absolute Gasteiger partial charge is 0.262 e. The van der Waals surface area contributed by atoms with Crippen molar-refractivity contribution in [3.05, 3.63) is 73.3 Å². The number of benzene rings is 2. The fourth-order valence-electron chi connectivity index (χ4n) is 4.84. The van der Waals surface area contributed by atoms with E-state index in [1.54, 1.807) is 6.08 Å². The maximum absolute atomic E-state index is 7.25. The third-order valence-electron chi connectivity index (χ3n) is 6.22. The standard InChI is InChI=1S/C29H38O3Si/c1-8-9-16-24(21-22-27-23(2)30-29(6,7)31-27)32-33(28(3,4)5,25-17-12-10-13-18-25)26-19-14-11-15-20-26/h8,10-15,17-20,23-24,27H,1,21-22H2,2-7H3/t23-,24-,27-/m1/s1. The maximum Gasteiger partial charge on any atom is 0.262 e. The lowest BCUT2D eigenvalue weighted by Crippen LogP contribution is -2.67. The van der Waals surface area contributed by atoms with E-state index in [0.29, 0.717) is 0 Å². The lowest BCUT2D eigenvalue weighted by molar-refractivity contribution is -0.145. The van der Waals surface area contributed by atoms with Gasteiger partial charge < -0.3 is 13.9 Å². The molecule has 3 atom stereocenters. The lowest BCUT2D eigenvalue weighted by Gasteiger charge is -2.44. The van der Waals surface area contributed by atoms with Gasteiger partial charge in [-0.3, -0.25) is 0 Å². The fourth-order valence-corrected chi connectivity index (χ4v) is 9.46. The highest BCUT2D eigenvalue weighted by molar-refractivity contribution is 6.99. The molecule has 0 unspecified atom stereocenters. The molecule has 33 heavy (non-hydrogen) atoms. The van der Waals surface area contributed by atoms with Crippen molar-refractivity contribution in [2.45, 2.75) is 83.5 Å². The van der Waals surface area contributed by atoms with Gasteiger partial charge in [-0.25, -0.2) is 0 Å². The van der Waals surface area contributed by atoms with Crippen molar-refractivity contribution in [2.75, 3.05) is 0 Å². The zero-order chi connectivity index (χ0) is 24.1. The summed E-state index contributed by atoms with van der Waals surface area (Å²) in [4.78, 5) is 0. The van der Waals surface area contributed by atoms with Crippen molar-refractivity contribution in [3.63, 3.8) is 0 Å². The van der Waals surface area contributed by atoms with Crippen molar-refractivity contribution in [3.8, 4) is 11.8 Å². The van der Waals surface area contributed by atoms with E-state index in [1.165, 1.54) is 10.4 Å². The molecule has 0 amide bonds. The van der Waals surface area contributed by atoms with E-state index in [1.807, 2.05) is 13.8 Å². The average molecular weight is 463 g/mol. The molecule has 0 spiro atoms. The minimum atomic E-state index is -2.69. The monoisotopic (exact) mass is 462 g/mol. The molecule has 2 aromatic carbocycles. The molecule has 1 saturated heterocycles. The Labute approximate surface area is 201 Å². The third-order valence-corrected chi connectivity index (χ3v) is 11.3. The largest absolute Gasteiger partial charge is 0.394 e. The van der Waals surface area contributed by atoms with Crippen LogP contribution in [0.15, 0.2) is 73.3 Å². The van der Waals surface area contributed by atoms with E-state index in [0.717, 1.165) is 12.8 Å². The molecule has 1 fully saturated rings. The van der Waals surface area contributed by atoms with Crippen LogP contribution >= 0.6 is 0 Å². The van der Waals surface area contributed by atoms with E-state index < -0.39 is 14.1 Å². The number of allylic oxidation sites excluding steroid dienone is 1. The van der Waals surface area contributed by atoms with Crippen LogP contribution in [0, 0.1) is 11.8 Å². The zero-order valence-electron chi connectivity index (χ0n) is 20.9. The molecular weight excluding hydrogens is 424 g/mol. The minimum Gasteiger partial charge on any atom is -0.394 e. The summed E-state index contributed by atoms with van der Waals surface area (Å²) in [5.74, 6) is 5.86. The Kier molecular flexibility index (Phi) is 8.03. The quantitative estimate of drug-likeness (QED) is 0.405. The Morgan fingerprint density at radius 3 is 2.00 bits per heavy atom. The summed E-state index contributed by atoms with van der Waals surface area (Å²) in [5, 5.41) is 2.40. The molecule has 0 aliphatic carbocycles. The molecule has 3 nitrogen and oxygen atoms in total. The van der Waals surface area contributed by atoms with Crippen molar-refractivity contribution in [2.24, 2.45) is 0 Å². The maximum atomic E-state index is 7.25. The highest BCUT2D eigenvalue weighted by atomic mass is 28.4. The van der Waals surface area contributed by atoms with E-state index >= 15 is 0 Å². The van der Waals surface area contributed by atoms with E-state index in [4.69, 9.17) is 13.9 Å². The van der Waals surface area contributed by atoms with Crippen LogP contribution in [0.4, 0.5) is 0 Å². The Hall–Kier alpha value is -2.16. The first-order valence-corrected chi connectivity index (χ1v) is 13.8. The number of ether oxygens (including phenoxy) is 2. The predicted octanol–water partition coefficient (Wildman–Crippen LogP) is 5.44. The van der Waals surface area contributed by atoms with Gasteiger partial charge >= 0.3 is 0 Å². The topological polar surface area (TPSA) is 27.7 Å². The molecule has 1 heterocycles. The Bertz CT molecular complexity index is 927. The fraction of sp³-hybridized carbons (Fsp3) is 0.448. The molecule has 3 rings (SSSR count). The van der Waals surface area contributed by atoms with Crippen LogP contribution in [0.3, 0.4) is 0 Å². The second-order valence-corrected chi connectivity index (χ2v) is 14.5. The number of hydrogen-bond donors (Lipinski definition) is 0. The van der Waals surface area contributed by atoms with Gasteiger partial charge in [-0.2, -0.15) is 0 Å². The van der Waals surface area contributed by atoms with Crippen LogP contribution in [-0.4, -0.2) is 32.4 Å². The lowest BCUT2D eigenvalue weighted by atomic mass is 10.1. The van der Waals surface area contributed by atoms with Crippen LogP contribution in [0.5, 0.6) is 0 Å². The first kappa shape index (κ1) is 25.5. The van der Waals surface area contributed by atoms with Crippen LogP contribution < -0.4 is 10.4 Å². The Morgan fingerprint density at radius 1 is 1.03 bits per heavy atom. The van der Waals surface area contributed by atoms with Gasteiger partial charge in [0.1, 0.15) is 6.10 Å². The summed E-state index contributed by atoms with van der Waals surface area (Å²) in [6.07, 6.45) is 3.05. The second kappa shape index (κ2) is 10.4. The van der Waals surface area contributed by atoms with E-state index in [9.17, 15) is 0 Å². The van der Waals surface area contributed by atoms with Crippen LogP contribution in [0.1, 0.15) is 54.4 Å². The first-order valence-electron chi connectivity index (χ1n) is 11.9. The summed E-state index contributed by atoms with van der Waals surface area (Å²) in [5.41, 5.74) is 0. The summed E-state index contributed by atoms with van der Waals surface area (Å²) in [7, 11) is -2.69. The molecule has 0 bridgehead atoms. The highest BCUT2D eigenvalue weighted by Crippen LogP contribution is 2.38. The van der Waals surface area contributed by atoms with Gasteiger partial charge in [0, 0.05) is 0 Å². The van der Waals surface area contributed by atoms with Crippen LogP contribution in [-0.2, 0) is 13.9 Å². The molecule has 2 aromatic rings. The van der Waals surface area contributed by atoms with Gasteiger partial charge in [-0.05, 0) is 55.1 Å². The Morgan fingerprint density at radius 2 is 1.58 bits per heavy atom. The predicted molar refractivity (Wildman–Crippen MR) is 139 cm³/mol. The van der Waals surface area contributed by atoms with Crippen molar-refractivity contribution >= 4 is 18.7 Å². The third kappa shape index (κ3) is 5.86. The van der Waals surface area contributed by atoms with Gasteiger partial charge in [0.15, 0.2) is 5.79 Å². The van der Waals surface area contributed by atoms with Gasteiger partial charge in [-0.1, -0.05) is 99.9 Å². The zero-order valence-corrected chi connectivity index (χ0v) is 21.9. The molecular formula is C29H38O3Si. The van der Waals surface area contributed by atoms with Gasteiger partial charge in [0.2, 0.25) is 0 Å². The summed E-state index contributed by atoms with van der Waals surface area (Å²) < 4.78 is 19.4. The highest BCUT2D eigenvalue weighted by Gasteiger charge is 2.51. The SMILES string of the molecule is C=CC#C[C@H](CC[C@H]1OC(C)(C)O[C@@H]1C)O[Si](c1ccccc1)(c1ccccc1)C(C)(C)C. The van der Waals surface area contributed by atoms with Crippen molar-refractivity contribution in [1.29, 1.82) is 0 Å². The van der Waals surface area contributed by atoms with Gasteiger partial charge in [-0.15, -0.1) is 0 Å². The molecule has 176 valence electrons. The average Bonchev–Trinajstić information content (AvgIpc) is 3.05. The molecule has 1 aliphatic heterocycles. The summed E-state index contributed by atoms with van der Waals surface area (Å²) in [6, 6.07) is 21.4. The molecule has 4 heteroatoms. The normalized spacial score (nSPS) is 21.2. The van der Waals surface area contributed by atoms with Crippen molar-refractivity contribution < 1.29 is 13.9 Å². The first-order chi connectivity index (χ1) is 15.6. The molecule has 0 saturated carbocycles. The van der Waals surface area contributed by atoms with Gasteiger partial charge in [0.25, 0.3) is 8.32 Å². The number of hydrogen-bond acceptors (Lipinski definition) is 3. The van der Waals surface area contributed by atoms with Crippen LogP contribution in [0.25, 0.3) is 0 Å². The van der Waals surface area contributed by atoms with Crippen LogP contribution in [0.2, 0.25) is 5.04 Å². The number of rotatable bonds is 7. The molecule has 1 aliphatic rings.